The molecule has 2 unspecified atom stereocenters. The molecule has 0 amide bonds. The van der Waals surface area contributed by atoms with E-state index in [0.29, 0.717) is 0 Å². The molecule has 0 aromatic carbocycles. The summed E-state index contributed by atoms with van der Waals surface area (Å²) in [7, 11) is -4.21. The average Bonchev–Trinajstić information content (AvgIpc) is 1.80. The molecule has 0 saturated heterocycles. The number of rotatable bonds is 4. The van der Waals surface area contributed by atoms with Gasteiger partial charge in [-0.25, -0.2) is 0 Å². The molecule has 0 spiro atoms. The van der Waals surface area contributed by atoms with Crippen molar-refractivity contribution in [3.8, 4) is 0 Å². The van der Waals surface area contributed by atoms with Crippen molar-refractivity contribution in [3.63, 3.8) is 0 Å². The summed E-state index contributed by atoms with van der Waals surface area (Å²) in [6.07, 6.45) is 0. The van der Waals surface area contributed by atoms with Crippen molar-refractivity contribution < 1.29 is 27.5 Å². The molecule has 0 heterocycles. The summed E-state index contributed by atoms with van der Waals surface area (Å²) < 4.78 is 48.9. The van der Waals surface area contributed by atoms with Gasteiger partial charge in [-0.3, -0.25) is 8.76 Å². The summed E-state index contributed by atoms with van der Waals surface area (Å²) in [5.74, 6) is -0.785. The van der Waals surface area contributed by atoms with Crippen molar-refractivity contribution in [3.05, 3.63) is 0 Å². The first-order valence-electron chi connectivity index (χ1n) is 2.69. The summed E-state index contributed by atoms with van der Waals surface area (Å²) in [6, 6.07) is 0. The van der Waals surface area contributed by atoms with Crippen LogP contribution in [-0.4, -0.2) is 68.8 Å². The van der Waals surface area contributed by atoms with Gasteiger partial charge in [-0.05, 0) is 11.1 Å². The van der Waals surface area contributed by atoms with E-state index in [1.54, 1.807) is 0 Å². The minimum Gasteiger partial charge on any atom is -0.772 e. The van der Waals surface area contributed by atoms with Crippen molar-refractivity contribution in [1.82, 2.24) is 0 Å². The molecule has 69 valence electrons. The Labute approximate surface area is 95.2 Å². The van der Waals surface area contributed by atoms with Crippen LogP contribution in [0, 0.1) is 0 Å². The molecule has 0 aliphatic carbocycles. The summed E-state index contributed by atoms with van der Waals surface area (Å²) >= 11 is -2.50. The molecule has 0 fully saturated rings. The van der Waals surface area contributed by atoms with Crippen LogP contribution in [0.1, 0.15) is 0 Å². The van der Waals surface area contributed by atoms with Gasteiger partial charge in [0.1, 0.15) is 0 Å². The Balaban J connectivity index is 0. The third-order valence-corrected chi connectivity index (χ3v) is 2.97. The Morgan fingerprint density at radius 1 is 1.58 bits per heavy atom. The van der Waals surface area contributed by atoms with E-state index in [1.807, 2.05) is 0 Å². The average molecular weight is 226 g/mol. The summed E-state index contributed by atoms with van der Waals surface area (Å²) in [4.78, 5) is 0. The molecule has 6 nitrogen and oxygen atoms in total. The molecular formula is C3H9NNaO5S2. The molecule has 2 atom stereocenters. The van der Waals surface area contributed by atoms with Crippen molar-refractivity contribution in [2.45, 2.75) is 5.25 Å². The number of hydrogen-bond donors (Lipinski definition) is 2. The standard InChI is InChI=1S/C3H9NO5S2.Na/c4-1-3(10(5)6)2-11(7,8)9;/h3H,1-2,4H2,(H,5,6)(H,7,8,9);. The van der Waals surface area contributed by atoms with E-state index < -0.39 is 32.2 Å². The van der Waals surface area contributed by atoms with E-state index in [0.717, 1.165) is 0 Å². The minimum atomic E-state index is -4.21. The van der Waals surface area contributed by atoms with Gasteiger partial charge in [-0.2, -0.15) is 8.42 Å². The first-order chi connectivity index (χ1) is 4.87. The maximum Gasteiger partial charge on any atom is 0.266 e. The monoisotopic (exact) mass is 226 g/mol. The molecule has 0 rings (SSSR count). The van der Waals surface area contributed by atoms with Crippen molar-refractivity contribution in [2.24, 2.45) is 0 Å². The normalized spacial score (nSPS) is 16.2. The molecule has 0 aromatic heterocycles. The summed E-state index contributed by atoms with van der Waals surface area (Å²) in [5, 5.41) is -1.12. The van der Waals surface area contributed by atoms with E-state index in [1.165, 1.54) is 0 Å². The van der Waals surface area contributed by atoms with Gasteiger partial charge < -0.3 is 10.3 Å². The van der Waals surface area contributed by atoms with Gasteiger partial charge in [0.2, 0.25) is 0 Å². The number of quaternary nitrogens is 1. The summed E-state index contributed by atoms with van der Waals surface area (Å²) in [6.45, 7) is -0.0735. The van der Waals surface area contributed by atoms with E-state index in [9.17, 15) is 17.2 Å². The van der Waals surface area contributed by atoms with Crippen LogP contribution in [0.2, 0.25) is 0 Å². The second-order valence-electron chi connectivity index (χ2n) is 1.92. The van der Waals surface area contributed by atoms with Gasteiger partial charge in [0, 0.05) is 29.6 Å². The van der Waals surface area contributed by atoms with Gasteiger partial charge in [-0.15, -0.1) is 0 Å². The first-order valence-corrected chi connectivity index (χ1v) is 5.44. The Hall–Kier alpha value is 0.980. The van der Waals surface area contributed by atoms with Crippen LogP contribution in [0.15, 0.2) is 0 Å². The Kier molecular flexibility index (Phi) is 8.29. The smallest absolute Gasteiger partial charge is 0.266 e. The Morgan fingerprint density at radius 3 is 2.08 bits per heavy atom. The predicted octanol–water partition coefficient (Wildman–Crippen LogP) is -3.02. The van der Waals surface area contributed by atoms with Gasteiger partial charge in [-0.1, -0.05) is 0 Å². The van der Waals surface area contributed by atoms with Crippen molar-refractivity contribution in [1.29, 1.82) is 0 Å². The summed E-state index contributed by atoms with van der Waals surface area (Å²) in [5.41, 5.74) is 3.22. The predicted molar refractivity (Wildman–Crippen MR) is 42.6 cm³/mol. The molecule has 0 bridgehead atoms. The van der Waals surface area contributed by atoms with Crippen LogP contribution in [-0.2, 0) is 21.2 Å². The molecule has 0 aliphatic heterocycles. The van der Waals surface area contributed by atoms with Gasteiger partial charge in [0.25, 0.3) is 10.1 Å². The van der Waals surface area contributed by atoms with E-state index in [-0.39, 0.29) is 36.1 Å². The fourth-order valence-corrected chi connectivity index (χ4v) is 2.26. The van der Waals surface area contributed by atoms with E-state index in [4.69, 9.17) is 4.55 Å². The first kappa shape index (κ1) is 15.5. The van der Waals surface area contributed by atoms with Crippen LogP contribution >= 0.6 is 0 Å². The molecule has 0 aliphatic rings. The van der Waals surface area contributed by atoms with E-state index in [2.05, 4.69) is 5.73 Å². The largest absolute Gasteiger partial charge is 0.772 e. The van der Waals surface area contributed by atoms with Crippen molar-refractivity contribution >= 4 is 50.8 Å². The van der Waals surface area contributed by atoms with Crippen LogP contribution in [0.25, 0.3) is 0 Å². The second-order valence-corrected chi connectivity index (χ2v) is 4.60. The van der Waals surface area contributed by atoms with Crippen LogP contribution in [0.4, 0.5) is 0 Å². The maximum absolute atomic E-state index is 10.2. The molecule has 0 aromatic rings. The third kappa shape index (κ3) is 7.62. The van der Waals surface area contributed by atoms with Crippen LogP contribution < -0.4 is 5.73 Å². The van der Waals surface area contributed by atoms with Crippen LogP contribution in [0.3, 0.4) is 0 Å². The number of hydrogen-bond acceptors (Lipinski definition) is 4. The quantitative estimate of drug-likeness (QED) is 0.300. The fraction of sp³-hybridized carbons (Fsp3) is 1.00. The van der Waals surface area contributed by atoms with Gasteiger partial charge in [0.15, 0.2) is 0 Å². The maximum atomic E-state index is 10.2. The Morgan fingerprint density at radius 2 is 2.00 bits per heavy atom. The van der Waals surface area contributed by atoms with Crippen molar-refractivity contribution in [2.75, 3.05) is 12.3 Å². The molecule has 12 heavy (non-hydrogen) atoms. The minimum absolute atomic E-state index is 0. The third-order valence-electron chi connectivity index (χ3n) is 0.991. The molecule has 1 radical (unpaired) electrons. The second kappa shape index (κ2) is 6.44. The zero-order valence-corrected chi connectivity index (χ0v) is 10.2. The van der Waals surface area contributed by atoms with Gasteiger partial charge >= 0.3 is 0 Å². The van der Waals surface area contributed by atoms with Gasteiger partial charge in [0.05, 0.1) is 17.5 Å². The zero-order chi connectivity index (χ0) is 9.07. The molecule has 9 heteroatoms. The molecule has 4 N–H and O–H groups in total. The SMILES string of the molecule is [NH3+]CC(CS(=O)(=O)O)S(=O)[O-].[Na]. The molecular weight excluding hydrogens is 217 g/mol. The topological polar surface area (TPSA) is 122 Å². The zero-order valence-electron chi connectivity index (χ0n) is 6.60. The van der Waals surface area contributed by atoms with Crippen LogP contribution in [0.5, 0.6) is 0 Å². The fourth-order valence-electron chi connectivity index (χ4n) is 0.470. The molecule has 0 saturated carbocycles. The Bertz CT molecular complexity index is 239. The van der Waals surface area contributed by atoms with E-state index >= 15 is 0 Å².